The zero-order chi connectivity index (χ0) is 15.9. The van der Waals surface area contributed by atoms with Gasteiger partial charge in [-0.3, -0.25) is 0 Å². The van der Waals surface area contributed by atoms with Crippen LogP contribution in [0.25, 0.3) is 0 Å². The summed E-state index contributed by atoms with van der Waals surface area (Å²) in [5, 5.41) is -0.823. The summed E-state index contributed by atoms with van der Waals surface area (Å²) in [7, 11) is -6.54. The van der Waals surface area contributed by atoms with Gasteiger partial charge in [0.15, 0.2) is 5.03 Å². The lowest BCUT2D eigenvalue weighted by Gasteiger charge is -2.33. The summed E-state index contributed by atoms with van der Waals surface area (Å²) in [4.78, 5) is 3.70. The van der Waals surface area contributed by atoms with E-state index >= 15 is 0 Å². The van der Waals surface area contributed by atoms with Gasteiger partial charge in [0, 0.05) is 7.05 Å². The van der Waals surface area contributed by atoms with Crippen molar-refractivity contribution >= 4 is 20.0 Å². The predicted octanol–water partition coefficient (Wildman–Crippen LogP) is 0.997. The SMILES string of the molecule is Cn1cncc1S(=O)(=O)NS(=O)(=O)C1CCC(C)(C)CC1. The first-order valence-electron chi connectivity index (χ1n) is 6.77. The molecule has 0 amide bonds. The summed E-state index contributed by atoms with van der Waals surface area (Å²) in [5.41, 5.74) is 0.118. The Bertz CT molecular complexity index is 709. The first kappa shape index (κ1) is 16.4. The summed E-state index contributed by atoms with van der Waals surface area (Å²) < 4.78 is 52.0. The van der Waals surface area contributed by atoms with Crippen molar-refractivity contribution in [2.45, 2.75) is 49.8 Å². The standard InChI is InChI=1S/C12H21N3O4S2/c1-12(2)6-4-10(5-7-12)20(16,17)14-21(18,19)11-8-13-9-15(11)3/h8-10,14H,4-7H2,1-3H3. The summed E-state index contributed by atoms with van der Waals surface area (Å²) in [6.45, 7) is 4.19. The third-order valence-electron chi connectivity index (χ3n) is 4.00. The Morgan fingerprint density at radius 1 is 1.24 bits per heavy atom. The second-order valence-corrected chi connectivity index (χ2v) is 10.2. The van der Waals surface area contributed by atoms with Gasteiger partial charge in [-0.15, -0.1) is 4.13 Å². The lowest BCUT2D eigenvalue weighted by atomic mass is 9.77. The predicted molar refractivity (Wildman–Crippen MR) is 78.5 cm³/mol. The number of hydrogen-bond donors (Lipinski definition) is 1. The molecule has 0 unspecified atom stereocenters. The molecule has 0 aliphatic heterocycles. The summed E-state index contributed by atoms with van der Waals surface area (Å²) in [5.74, 6) is 0. The molecule has 0 spiro atoms. The largest absolute Gasteiger partial charge is 0.324 e. The molecule has 9 heteroatoms. The van der Waals surface area contributed by atoms with Crippen molar-refractivity contribution in [3.05, 3.63) is 12.5 Å². The number of sulfonamides is 2. The maximum Gasteiger partial charge on any atom is 0.270 e. The second-order valence-electron chi connectivity index (χ2n) is 6.34. The minimum absolute atomic E-state index is 0.118. The fraction of sp³-hybridized carbons (Fsp3) is 0.750. The molecule has 0 atom stereocenters. The van der Waals surface area contributed by atoms with E-state index in [1.54, 1.807) is 0 Å². The van der Waals surface area contributed by atoms with Gasteiger partial charge >= 0.3 is 0 Å². The van der Waals surface area contributed by atoms with Crippen LogP contribution in [0.1, 0.15) is 39.5 Å². The van der Waals surface area contributed by atoms with Crippen LogP contribution in [0.4, 0.5) is 0 Å². The van der Waals surface area contributed by atoms with Crippen molar-refractivity contribution in [3.63, 3.8) is 0 Å². The summed E-state index contributed by atoms with van der Waals surface area (Å²) in [6, 6.07) is 0. The molecular weight excluding hydrogens is 314 g/mol. The van der Waals surface area contributed by atoms with E-state index < -0.39 is 25.3 Å². The molecular formula is C12H21N3O4S2. The number of imidazole rings is 1. The zero-order valence-corrected chi connectivity index (χ0v) is 14.0. The molecule has 7 nitrogen and oxygen atoms in total. The van der Waals surface area contributed by atoms with Crippen LogP contribution < -0.4 is 4.13 Å². The second kappa shape index (κ2) is 5.36. The number of aromatic nitrogens is 2. The van der Waals surface area contributed by atoms with Gasteiger partial charge < -0.3 is 4.57 Å². The van der Waals surface area contributed by atoms with Gasteiger partial charge in [0.25, 0.3) is 10.0 Å². The van der Waals surface area contributed by atoms with Crippen LogP contribution in [0.5, 0.6) is 0 Å². The van der Waals surface area contributed by atoms with Crippen molar-refractivity contribution in [2.24, 2.45) is 12.5 Å². The Morgan fingerprint density at radius 2 is 1.81 bits per heavy atom. The number of nitrogens with zero attached hydrogens (tertiary/aromatic N) is 2. The Kier molecular flexibility index (Phi) is 4.20. The van der Waals surface area contributed by atoms with Gasteiger partial charge in [0.05, 0.1) is 17.8 Å². The normalized spacial score (nSPS) is 20.5. The van der Waals surface area contributed by atoms with Crippen molar-refractivity contribution in [1.29, 1.82) is 0 Å². The molecule has 2 rings (SSSR count). The van der Waals surface area contributed by atoms with Gasteiger partial charge in [0.2, 0.25) is 10.0 Å². The average Bonchev–Trinajstić information content (AvgIpc) is 2.74. The van der Waals surface area contributed by atoms with Crippen LogP contribution >= 0.6 is 0 Å². The van der Waals surface area contributed by atoms with Crippen LogP contribution in [-0.4, -0.2) is 31.6 Å². The smallest absolute Gasteiger partial charge is 0.270 e. The van der Waals surface area contributed by atoms with E-state index in [-0.39, 0.29) is 10.4 Å². The Labute approximate surface area is 125 Å². The van der Waals surface area contributed by atoms with E-state index in [2.05, 4.69) is 18.8 Å². The van der Waals surface area contributed by atoms with Crippen LogP contribution in [0, 0.1) is 5.41 Å². The highest BCUT2D eigenvalue weighted by Crippen LogP contribution is 2.37. The number of rotatable bonds is 4. The molecule has 0 radical (unpaired) electrons. The Morgan fingerprint density at radius 3 is 2.29 bits per heavy atom. The molecule has 1 N–H and O–H groups in total. The quantitative estimate of drug-likeness (QED) is 0.885. The topological polar surface area (TPSA) is 98.1 Å². The van der Waals surface area contributed by atoms with Gasteiger partial charge in [-0.2, -0.15) is 0 Å². The molecule has 1 saturated carbocycles. The molecule has 120 valence electrons. The van der Waals surface area contributed by atoms with Gasteiger partial charge in [-0.25, -0.2) is 21.8 Å². The molecule has 1 heterocycles. The van der Waals surface area contributed by atoms with Crippen molar-refractivity contribution < 1.29 is 16.8 Å². The third-order valence-corrected chi connectivity index (χ3v) is 8.10. The van der Waals surface area contributed by atoms with Gasteiger partial charge in [0.1, 0.15) is 0 Å². The average molecular weight is 335 g/mol. The van der Waals surface area contributed by atoms with Crippen molar-refractivity contribution in [2.75, 3.05) is 0 Å². The lowest BCUT2D eigenvalue weighted by molar-refractivity contribution is 0.245. The first-order valence-corrected chi connectivity index (χ1v) is 9.80. The van der Waals surface area contributed by atoms with E-state index in [9.17, 15) is 16.8 Å². The molecule has 1 fully saturated rings. The molecule has 1 aromatic rings. The summed E-state index contributed by atoms with van der Waals surface area (Å²) >= 11 is 0. The highest BCUT2D eigenvalue weighted by molar-refractivity contribution is 8.05. The minimum Gasteiger partial charge on any atom is -0.324 e. The van der Waals surface area contributed by atoms with Crippen LogP contribution in [-0.2, 0) is 27.1 Å². The molecule has 1 aromatic heterocycles. The maximum absolute atomic E-state index is 12.3. The zero-order valence-electron chi connectivity index (χ0n) is 12.4. The molecule has 0 saturated heterocycles. The van der Waals surface area contributed by atoms with E-state index in [0.717, 1.165) is 19.0 Å². The van der Waals surface area contributed by atoms with Crippen molar-refractivity contribution in [1.82, 2.24) is 13.7 Å². The molecule has 21 heavy (non-hydrogen) atoms. The molecule has 0 aromatic carbocycles. The van der Waals surface area contributed by atoms with E-state index in [1.807, 2.05) is 4.13 Å². The van der Waals surface area contributed by atoms with Gasteiger partial charge in [-0.1, -0.05) is 13.8 Å². The number of nitrogens with one attached hydrogen (secondary N) is 1. The van der Waals surface area contributed by atoms with E-state index in [1.165, 1.54) is 17.9 Å². The Balaban J connectivity index is 2.17. The molecule has 1 aliphatic rings. The fourth-order valence-electron chi connectivity index (χ4n) is 2.55. The monoisotopic (exact) mass is 335 g/mol. The minimum atomic E-state index is -4.12. The molecule has 1 aliphatic carbocycles. The first-order chi connectivity index (χ1) is 9.54. The highest BCUT2D eigenvalue weighted by Gasteiger charge is 2.37. The maximum atomic E-state index is 12.3. The van der Waals surface area contributed by atoms with E-state index in [0.29, 0.717) is 12.8 Å². The van der Waals surface area contributed by atoms with Crippen LogP contribution in [0.15, 0.2) is 17.6 Å². The van der Waals surface area contributed by atoms with Crippen LogP contribution in [0.3, 0.4) is 0 Å². The summed E-state index contributed by atoms with van der Waals surface area (Å²) in [6.07, 6.45) is 4.92. The highest BCUT2D eigenvalue weighted by atomic mass is 32.3. The molecule has 0 bridgehead atoms. The van der Waals surface area contributed by atoms with Gasteiger partial charge in [-0.05, 0) is 31.1 Å². The number of aryl methyl sites for hydroxylation is 1. The number of hydrogen-bond acceptors (Lipinski definition) is 5. The van der Waals surface area contributed by atoms with Crippen LogP contribution in [0.2, 0.25) is 0 Å². The Hall–Kier alpha value is -0.930. The fourth-order valence-corrected chi connectivity index (χ4v) is 6.14. The van der Waals surface area contributed by atoms with E-state index in [4.69, 9.17) is 0 Å². The lowest BCUT2D eigenvalue weighted by Crippen LogP contribution is -2.41. The van der Waals surface area contributed by atoms with Crippen molar-refractivity contribution in [3.8, 4) is 0 Å². The third kappa shape index (κ3) is 3.64.